The van der Waals surface area contributed by atoms with Gasteiger partial charge in [-0.15, -0.1) is 0 Å². The predicted octanol–water partition coefficient (Wildman–Crippen LogP) is 3.93. The summed E-state index contributed by atoms with van der Waals surface area (Å²) in [5, 5.41) is 3.64. The topological polar surface area (TPSA) is 15.3 Å². The number of rotatable bonds is 4. The molecule has 2 nitrogen and oxygen atoms in total. The maximum Gasteiger partial charge on any atom is 0.0446 e. The Morgan fingerprint density at radius 3 is 2.62 bits per heavy atom. The fourth-order valence-electron chi connectivity index (χ4n) is 3.20. The van der Waals surface area contributed by atoms with Gasteiger partial charge in [-0.3, -0.25) is 0 Å². The number of piperazine rings is 1. The van der Waals surface area contributed by atoms with E-state index in [1.807, 2.05) is 0 Å². The van der Waals surface area contributed by atoms with Crippen LogP contribution in [-0.2, 0) is 0 Å². The molecule has 0 radical (unpaired) electrons. The van der Waals surface area contributed by atoms with Gasteiger partial charge in [0.2, 0.25) is 0 Å². The Morgan fingerprint density at radius 1 is 1.05 bits per heavy atom. The maximum absolute atomic E-state index is 3.64. The smallest absolute Gasteiger partial charge is 0.0446 e. The third-order valence-corrected chi connectivity index (χ3v) is 4.22. The zero-order valence-corrected chi connectivity index (χ0v) is 12.8. The summed E-state index contributed by atoms with van der Waals surface area (Å²) in [6.07, 6.45) is 2.50. The first kappa shape index (κ1) is 14.2. The summed E-state index contributed by atoms with van der Waals surface area (Å²) in [6.45, 7) is 5.54. The molecule has 1 saturated heterocycles. The molecule has 1 atom stereocenters. The van der Waals surface area contributed by atoms with Crippen molar-refractivity contribution >= 4 is 5.69 Å². The SMILES string of the molecule is CCCC1CN(c2ccccc2-c2ccccc2)CCN1. The monoisotopic (exact) mass is 280 g/mol. The van der Waals surface area contributed by atoms with Crippen LogP contribution in [0.25, 0.3) is 11.1 Å². The molecular weight excluding hydrogens is 256 g/mol. The number of benzene rings is 2. The largest absolute Gasteiger partial charge is 0.368 e. The van der Waals surface area contributed by atoms with Crippen molar-refractivity contribution in [2.24, 2.45) is 0 Å². The van der Waals surface area contributed by atoms with E-state index in [1.165, 1.54) is 29.7 Å². The molecule has 21 heavy (non-hydrogen) atoms. The van der Waals surface area contributed by atoms with Crippen LogP contribution in [0.4, 0.5) is 5.69 Å². The lowest BCUT2D eigenvalue weighted by atomic mass is 10.0. The van der Waals surface area contributed by atoms with Crippen molar-refractivity contribution in [2.75, 3.05) is 24.5 Å². The Balaban J connectivity index is 1.88. The van der Waals surface area contributed by atoms with Crippen LogP contribution < -0.4 is 10.2 Å². The van der Waals surface area contributed by atoms with E-state index in [1.54, 1.807) is 0 Å². The molecule has 0 spiro atoms. The number of nitrogens with one attached hydrogen (secondary N) is 1. The van der Waals surface area contributed by atoms with Crippen LogP contribution in [0.3, 0.4) is 0 Å². The van der Waals surface area contributed by atoms with Crippen molar-refractivity contribution in [2.45, 2.75) is 25.8 Å². The minimum absolute atomic E-state index is 0.618. The highest BCUT2D eigenvalue weighted by Crippen LogP contribution is 2.31. The standard InChI is InChI=1S/C19H24N2/c1-2-8-17-15-21(14-13-20-17)19-12-7-6-11-18(19)16-9-4-3-5-10-16/h3-7,9-12,17,20H,2,8,13-15H2,1H3. The highest BCUT2D eigenvalue weighted by atomic mass is 15.2. The highest BCUT2D eigenvalue weighted by Gasteiger charge is 2.20. The molecule has 1 aliphatic heterocycles. The van der Waals surface area contributed by atoms with Crippen molar-refractivity contribution in [1.82, 2.24) is 5.32 Å². The van der Waals surface area contributed by atoms with E-state index in [0.717, 1.165) is 19.6 Å². The van der Waals surface area contributed by atoms with Gasteiger partial charge in [0.15, 0.2) is 0 Å². The molecule has 0 saturated carbocycles. The number of para-hydroxylation sites is 1. The minimum Gasteiger partial charge on any atom is -0.368 e. The third-order valence-electron chi connectivity index (χ3n) is 4.22. The highest BCUT2D eigenvalue weighted by molar-refractivity contribution is 5.78. The molecule has 1 heterocycles. The Morgan fingerprint density at radius 2 is 1.81 bits per heavy atom. The molecule has 1 unspecified atom stereocenters. The quantitative estimate of drug-likeness (QED) is 0.913. The number of anilines is 1. The van der Waals surface area contributed by atoms with Crippen molar-refractivity contribution in [3.8, 4) is 11.1 Å². The molecule has 1 fully saturated rings. The molecule has 110 valence electrons. The number of nitrogens with zero attached hydrogens (tertiary/aromatic N) is 1. The maximum atomic E-state index is 3.64. The molecule has 2 heteroatoms. The summed E-state index contributed by atoms with van der Waals surface area (Å²) >= 11 is 0. The van der Waals surface area contributed by atoms with Gasteiger partial charge >= 0.3 is 0 Å². The average Bonchev–Trinajstić information content (AvgIpc) is 2.56. The van der Waals surface area contributed by atoms with Crippen LogP contribution in [0.2, 0.25) is 0 Å². The van der Waals surface area contributed by atoms with Gasteiger partial charge in [0.05, 0.1) is 0 Å². The van der Waals surface area contributed by atoms with E-state index in [4.69, 9.17) is 0 Å². The summed E-state index contributed by atoms with van der Waals surface area (Å²) < 4.78 is 0. The molecular formula is C19H24N2. The second kappa shape index (κ2) is 6.77. The van der Waals surface area contributed by atoms with E-state index in [0.29, 0.717) is 6.04 Å². The molecule has 0 bridgehead atoms. The molecule has 0 aliphatic carbocycles. The van der Waals surface area contributed by atoms with E-state index < -0.39 is 0 Å². The summed E-state index contributed by atoms with van der Waals surface area (Å²) in [6, 6.07) is 20.1. The van der Waals surface area contributed by atoms with E-state index >= 15 is 0 Å². The van der Waals surface area contributed by atoms with E-state index in [9.17, 15) is 0 Å². The lowest BCUT2D eigenvalue weighted by Gasteiger charge is -2.36. The molecule has 0 aromatic heterocycles. The molecule has 2 aromatic carbocycles. The van der Waals surface area contributed by atoms with Gasteiger partial charge in [-0.1, -0.05) is 61.9 Å². The van der Waals surface area contributed by atoms with E-state index in [2.05, 4.69) is 71.7 Å². The zero-order chi connectivity index (χ0) is 14.5. The summed E-state index contributed by atoms with van der Waals surface area (Å²) in [5.41, 5.74) is 4.01. The third kappa shape index (κ3) is 3.27. The molecule has 3 rings (SSSR count). The molecule has 1 N–H and O–H groups in total. The predicted molar refractivity (Wildman–Crippen MR) is 90.8 cm³/mol. The van der Waals surface area contributed by atoms with Gasteiger partial charge in [0.1, 0.15) is 0 Å². The fourth-order valence-corrected chi connectivity index (χ4v) is 3.20. The Kier molecular flexibility index (Phi) is 4.56. The fraction of sp³-hybridized carbons (Fsp3) is 0.368. The van der Waals surface area contributed by atoms with Crippen molar-refractivity contribution in [1.29, 1.82) is 0 Å². The summed E-state index contributed by atoms with van der Waals surface area (Å²) in [5.74, 6) is 0. The Hall–Kier alpha value is -1.80. The van der Waals surface area contributed by atoms with Gasteiger partial charge in [-0.25, -0.2) is 0 Å². The van der Waals surface area contributed by atoms with Crippen LogP contribution in [0.1, 0.15) is 19.8 Å². The summed E-state index contributed by atoms with van der Waals surface area (Å²) in [7, 11) is 0. The van der Waals surface area contributed by atoms with Crippen LogP contribution in [0, 0.1) is 0 Å². The van der Waals surface area contributed by atoms with Crippen LogP contribution in [0.15, 0.2) is 54.6 Å². The van der Waals surface area contributed by atoms with Gasteiger partial charge in [-0.05, 0) is 18.1 Å². The first-order valence-electron chi connectivity index (χ1n) is 8.01. The van der Waals surface area contributed by atoms with Gasteiger partial charge in [0.25, 0.3) is 0 Å². The second-order valence-electron chi connectivity index (χ2n) is 5.77. The Bertz CT molecular complexity index is 563. The van der Waals surface area contributed by atoms with Crippen LogP contribution in [0.5, 0.6) is 0 Å². The zero-order valence-electron chi connectivity index (χ0n) is 12.8. The lowest BCUT2D eigenvalue weighted by Crippen LogP contribution is -2.50. The average molecular weight is 280 g/mol. The normalized spacial score (nSPS) is 18.7. The second-order valence-corrected chi connectivity index (χ2v) is 5.77. The number of hydrogen-bond acceptors (Lipinski definition) is 2. The van der Waals surface area contributed by atoms with Crippen molar-refractivity contribution < 1.29 is 0 Å². The Labute approximate surface area is 127 Å². The molecule has 2 aromatic rings. The first-order valence-corrected chi connectivity index (χ1v) is 8.01. The van der Waals surface area contributed by atoms with Crippen LogP contribution >= 0.6 is 0 Å². The summed E-state index contributed by atoms with van der Waals surface area (Å²) in [4.78, 5) is 2.54. The van der Waals surface area contributed by atoms with Gasteiger partial charge in [0, 0.05) is 36.9 Å². The molecule has 1 aliphatic rings. The van der Waals surface area contributed by atoms with Gasteiger partial charge in [-0.2, -0.15) is 0 Å². The first-order chi connectivity index (χ1) is 10.4. The number of hydrogen-bond donors (Lipinski definition) is 1. The minimum atomic E-state index is 0.618. The lowest BCUT2D eigenvalue weighted by molar-refractivity contribution is 0.431. The molecule has 0 amide bonds. The van der Waals surface area contributed by atoms with Crippen molar-refractivity contribution in [3.05, 3.63) is 54.6 Å². The van der Waals surface area contributed by atoms with Crippen molar-refractivity contribution in [3.63, 3.8) is 0 Å². The van der Waals surface area contributed by atoms with Gasteiger partial charge < -0.3 is 10.2 Å². The van der Waals surface area contributed by atoms with Crippen LogP contribution in [-0.4, -0.2) is 25.7 Å². The van der Waals surface area contributed by atoms with E-state index in [-0.39, 0.29) is 0 Å².